The molecule has 5 nitrogen and oxygen atoms in total. The second kappa shape index (κ2) is 5.63. The number of carbonyl (C=O) groups excluding carboxylic acids is 1. The Morgan fingerprint density at radius 1 is 1.44 bits per heavy atom. The van der Waals surface area contributed by atoms with Crippen LogP contribution in [0.25, 0.3) is 0 Å². The number of nitrogens with one attached hydrogen (secondary N) is 1. The van der Waals surface area contributed by atoms with Gasteiger partial charge in [0.2, 0.25) is 5.91 Å². The molecule has 1 amide bonds. The van der Waals surface area contributed by atoms with Gasteiger partial charge in [-0.25, -0.2) is 0 Å². The van der Waals surface area contributed by atoms with Crippen molar-refractivity contribution in [3.05, 3.63) is 35.4 Å². The van der Waals surface area contributed by atoms with Gasteiger partial charge in [0.25, 0.3) is 0 Å². The van der Waals surface area contributed by atoms with Crippen molar-refractivity contribution in [3.8, 4) is 6.07 Å². The SMILES string of the molecule is N#Cc1ccc(CNC(=O)C2COCC2N)cc1. The van der Waals surface area contributed by atoms with Gasteiger partial charge in [0, 0.05) is 12.6 Å². The number of nitrogens with two attached hydrogens (primary N) is 1. The van der Waals surface area contributed by atoms with Gasteiger partial charge in [-0.2, -0.15) is 5.26 Å². The van der Waals surface area contributed by atoms with Gasteiger partial charge >= 0.3 is 0 Å². The Bertz CT molecular complexity index is 464. The van der Waals surface area contributed by atoms with Crippen molar-refractivity contribution in [1.82, 2.24) is 5.32 Å². The lowest BCUT2D eigenvalue weighted by Gasteiger charge is -2.13. The van der Waals surface area contributed by atoms with Crippen LogP contribution < -0.4 is 11.1 Å². The topological polar surface area (TPSA) is 88.1 Å². The van der Waals surface area contributed by atoms with Gasteiger partial charge in [-0.15, -0.1) is 0 Å². The van der Waals surface area contributed by atoms with Gasteiger partial charge < -0.3 is 15.8 Å². The Labute approximate surface area is 106 Å². The summed E-state index contributed by atoms with van der Waals surface area (Å²) in [7, 11) is 0. The zero-order chi connectivity index (χ0) is 13.0. The Hall–Kier alpha value is -1.90. The molecule has 0 saturated carbocycles. The van der Waals surface area contributed by atoms with E-state index in [0.29, 0.717) is 25.3 Å². The van der Waals surface area contributed by atoms with Crippen molar-refractivity contribution in [2.45, 2.75) is 12.6 Å². The van der Waals surface area contributed by atoms with E-state index < -0.39 is 0 Å². The Morgan fingerprint density at radius 2 is 2.17 bits per heavy atom. The number of benzene rings is 1. The molecule has 1 aliphatic rings. The highest BCUT2D eigenvalue weighted by atomic mass is 16.5. The van der Waals surface area contributed by atoms with E-state index in [-0.39, 0.29) is 17.9 Å². The lowest BCUT2D eigenvalue weighted by molar-refractivity contribution is -0.125. The quantitative estimate of drug-likeness (QED) is 0.793. The molecule has 18 heavy (non-hydrogen) atoms. The average Bonchev–Trinajstić information content (AvgIpc) is 2.83. The van der Waals surface area contributed by atoms with Crippen LogP contribution in [0.4, 0.5) is 0 Å². The minimum Gasteiger partial charge on any atom is -0.379 e. The fourth-order valence-corrected chi connectivity index (χ4v) is 1.86. The Balaban J connectivity index is 1.87. The van der Waals surface area contributed by atoms with Gasteiger partial charge in [-0.3, -0.25) is 4.79 Å². The summed E-state index contributed by atoms with van der Waals surface area (Å²) >= 11 is 0. The first kappa shape index (κ1) is 12.6. The van der Waals surface area contributed by atoms with Crippen LogP contribution >= 0.6 is 0 Å². The van der Waals surface area contributed by atoms with Crippen LogP contribution in [0.15, 0.2) is 24.3 Å². The number of nitrogens with zero attached hydrogens (tertiary/aromatic N) is 1. The first-order chi connectivity index (χ1) is 8.70. The smallest absolute Gasteiger partial charge is 0.227 e. The van der Waals surface area contributed by atoms with Crippen LogP contribution in [0.3, 0.4) is 0 Å². The first-order valence-electron chi connectivity index (χ1n) is 5.81. The second-order valence-electron chi connectivity index (χ2n) is 4.33. The molecule has 94 valence electrons. The lowest BCUT2D eigenvalue weighted by Crippen LogP contribution is -2.40. The molecule has 1 heterocycles. The Morgan fingerprint density at radius 3 is 2.72 bits per heavy atom. The number of carbonyl (C=O) groups is 1. The van der Waals surface area contributed by atoms with Crippen molar-refractivity contribution in [1.29, 1.82) is 5.26 Å². The number of amides is 1. The summed E-state index contributed by atoms with van der Waals surface area (Å²) in [6.45, 7) is 1.27. The van der Waals surface area contributed by atoms with Crippen LogP contribution in [-0.2, 0) is 16.1 Å². The third-order valence-corrected chi connectivity index (χ3v) is 3.01. The molecule has 0 aromatic heterocycles. The number of rotatable bonds is 3. The first-order valence-corrected chi connectivity index (χ1v) is 5.81. The second-order valence-corrected chi connectivity index (χ2v) is 4.33. The fourth-order valence-electron chi connectivity index (χ4n) is 1.86. The molecule has 0 radical (unpaired) electrons. The molecule has 2 atom stereocenters. The van der Waals surface area contributed by atoms with Crippen LogP contribution in [0.5, 0.6) is 0 Å². The molecule has 1 fully saturated rings. The number of hydrogen-bond donors (Lipinski definition) is 2. The summed E-state index contributed by atoms with van der Waals surface area (Å²) in [5, 5.41) is 11.5. The van der Waals surface area contributed by atoms with Crippen molar-refractivity contribution in [2.24, 2.45) is 11.7 Å². The minimum absolute atomic E-state index is 0.0793. The molecular weight excluding hydrogens is 230 g/mol. The number of hydrogen-bond acceptors (Lipinski definition) is 4. The average molecular weight is 245 g/mol. The molecule has 1 aliphatic heterocycles. The normalized spacial score (nSPS) is 22.4. The van der Waals surface area contributed by atoms with E-state index in [2.05, 4.69) is 5.32 Å². The highest BCUT2D eigenvalue weighted by molar-refractivity contribution is 5.79. The van der Waals surface area contributed by atoms with Gasteiger partial charge in [-0.05, 0) is 17.7 Å². The van der Waals surface area contributed by atoms with E-state index >= 15 is 0 Å². The number of nitriles is 1. The summed E-state index contributed by atoms with van der Waals surface area (Å²) in [5.41, 5.74) is 7.33. The van der Waals surface area contributed by atoms with Gasteiger partial charge in [0.05, 0.1) is 30.8 Å². The zero-order valence-corrected chi connectivity index (χ0v) is 9.93. The van der Waals surface area contributed by atoms with Crippen molar-refractivity contribution in [3.63, 3.8) is 0 Å². The highest BCUT2D eigenvalue weighted by Crippen LogP contribution is 2.12. The third kappa shape index (κ3) is 2.86. The maximum Gasteiger partial charge on any atom is 0.227 e. The standard InChI is InChI=1S/C13H15N3O2/c14-5-9-1-3-10(4-2-9)6-16-13(17)11-7-18-8-12(11)15/h1-4,11-12H,6-8,15H2,(H,16,17). The van der Waals surface area contributed by atoms with Crippen molar-refractivity contribution >= 4 is 5.91 Å². The fraction of sp³-hybridized carbons (Fsp3) is 0.385. The molecular formula is C13H15N3O2. The highest BCUT2D eigenvalue weighted by Gasteiger charge is 2.30. The maximum atomic E-state index is 11.8. The molecule has 3 N–H and O–H groups in total. The molecule has 1 aromatic carbocycles. The van der Waals surface area contributed by atoms with E-state index in [1.165, 1.54) is 0 Å². The molecule has 0 bridgehead atoms. The monoisotopic (exact) mass is 245 g/mol. The van der Waals surface area contributed by atoms with Gasteiger partial charge in [0.15, 0.2) is 0 Å². The van der Waals surface area contributed by atoms with Crippen LogP contribution in [-0.4, -0.2) is 25.2 Å². The zero-order valence-electron chi connectivity index (χ0n) is 9.93. The van der Waals surface area contributed by atoms with Crippen LogP contribution in [0, 0.1) is 17.2 Å². The largest absolute Gasteiger partial charge is 0.379 e. The van der Waals surface area contributed by atoms with Crippen LogP contribution in [0.1, 0.15) is 11.1 Å². The minimum atomic E-state index is -0.261. The maximum absolute atomic E-state index is 11.8. The predicted molar refractivity (Wildman–Crippen MR) is 65.3 cm³/mol. The van der Waals surface area contributed by atoms with E-state index in [4.69, 9.17) is 15.7 Å². The molecule has 0 aliphatic carbocycles. The van der Waals surface area contributed by atoms with E-state index in [0.717, 1.165) is 5.56 Å². The molecule has 5 heteroatoms. The molecule has 0 spiro atoms. The summed E-state index contributed by atoms with van der Waals surface area (Å²) in [6, 6.07) is 8.94. The van der Waals surface area contributed by atoms with Gasteiger partial charge in [-0.1, -0.05) is 12.1 Å². The van der Waals surface area contributed by atoms with E-state index in [9.17, 15) is 4.79 Å². The molecule has 1 aromatic rings. The van der Waals surface area contributed by atoms with E-state index in [1.54, 1.807) is 12.1 Å². The summed E-state index contributed by atoms with van der Waals surface area (Å²) in [5.74, 6) is -0.340. The predicted octanol–water partition coefficient (Wildman–Crippen LogP) is 0.148. The van der Waals surface area contributed by atoms with Crippen LogP contribution in [0.2, 0.25) is 0 Å². The van der Waals surface area contributed by atoms with Crippen molar-refractivity contribution in [2.75, 3.05) is 13.2 Å². The van der Waals surface area contributed by atoms with Crippen molar-refractivity contribution < 1.29 is 9.53 Å². The third-order valence-electron chi connectivity index (χ3n) is 3.01. The Kier molecular flexibility index (Phi) is 3.92. The molecule has 2 unspecified atom stereocenters. The van der Waals surface area contributed by atoms with Gasteiger partial charge in [0.1, 0.15) is 0 Å². The summed E-state index contributed by atoms with van der Waals surface area (Å²) in [4.78, 5) is 11.8. The lowest BCUT2D eigenvalue weighted by atomic mass is 10.0. The summed E-state index contributed by atoms with van der Waals surface area (Å²) in [6.07, 6.45) is 0. The summed E-state index contributed by atoms with van der Waals surface area (Å²) < 4.78 is 5.15. The molecule has 1 saturated heterocycles. The number of ether oxygens (including phenoxy) is 1. The van der Waals surface area contributed by atoms with E-state index in [1.807, 2.05) is 18.2 Å². The molecule has 2 rings (SSSR count).